The highest BCUT2D eigenvalue weighted by Crippen LogP contribution is 2.28. The molecule has 0 bridgehead atoms. The molecule has 0 fully saturated rings. The zero-order valence-electron chi connectivity index (χ0n) is 13.3. The van der Waals surface area contributed by atoms with Gasteiger partial charge in [0.05, 0.1) is 23.7 Å². The number of aromatic nitrogens is 3. The van der Waals surface area contributed by atoms with Crippen molar-refractivity contribution in [3.05, 3.63) is 59.0 Å². The van der Waals surface area contributed by atoms with E-state index in [1.807, 2.05) is 25.1 Å². The number of hydrogen-bond donors (Lipinski definition) is 0. The van der Waals surface area contributed by atoms with Crippen molar-refractivity contribution in [3.8, 4) is 11.5 Å². The maximum Gasteiger partial charge on any atom is 0.374 e. The lowest BCUT2D eigenvalue weighted by atomic mass is 10.2. The van der Waals surface area contributed by atoms with Crippen LogP contribution in [0.3, 0.4) is 0 Å². The quantitative estimate of drug-likeness (QED) is 0.659. The van der Waals surface area contributed by atoms with Gasteiger partial charge in [-0.2, -0.15) is 0 Å². The first-order valence-electron chi connectivity index (χ1n) is 7.49. The van der Waals surface area contributed by atoms with Crippen molar-refractivity contribution in [3.63, 3.8) is 0 Å². The van der Waals surface area contributed by atoms with Gasteiger partial charge in [0.15, 0.2) is 0 Å². The molecule has 3 rings (SSSR count). The molecule has 0 amide bonds. The Morgan fingerprint density at radius 2 is 2.17 bits per heavy atom. The van der Waals surface area contributed by atoms with E-state index in [1.54, 1.807) is 30.0 Å². The van der Waals surface area contributed by atoms with Crippen molar-refractivity contribution in [1.29, 1.82) is 0 Å². The minimum atomic E-state index is -0.463. The highest BCUT2D eigenvalue weighted by atomic mass is 35.5. The Bertz CT molecular complexity index is 870. The molecule has 1 aromatic carbocycles. The van der Waals surface area contributed by atoms with Gasteiger partial charge in [0.1, 0.15) is 11.5 Å². The number of imidazole rings is 1. The molecule has 24 heavy (non-hydrogen) atoms. The normalized spacial score (nSPS) is 10.8. The Balaban J connectivity index is 1.89. The largest absolute Gasteiger partial charge is 0.460 e. The molecule has 124 valence electrons. The second-order valence-corrected chi connectivity index (χ2v) is 5.51. The highest BCUT2D eigenvalue weighted by molar-refractivity contribution is 6.33. The number of hydrogen-bond acceptors (Lipinski definition) is 5. The lowest BCUT2D eigenvalue weighted by molar-refractivity contribution is 0.0507. The monoisotopic (exact) mass is 345 g/mol. The first-order chi connectivity index (χ1) is 11.6. The van der Waals surface area contributed by atoms with Gasteiger partial charge in [0, 0.05) is 12.4 Å². The number of benzene rings is 1. The van der Waals surface area contributed by atoms with E-state index in [9.17, 15) is 4.79 Å². The molecule has 0 unspecified atom stereocenters. The molecule has 0 spiro atoms. The summed E-state index contributed by atoms with van der Waals surface area (Å²) >= 11 is 6.19. The van der Waals surface area contributed by atoms with E-state index in [0.29, 0.717) is 35.5 Å². The molecule has 2 aromatic heterocycles. The summed E-state index contributed by atoms with van der Waals surface area (Å²) in [6.07, 6.45) is 3.26. The number of esters is 1. The smallest absolute Gasteiger partial charge is 0.374 e. The predicted molar refractivity (Wildman–Crippen MR) is 89.0 cm³/mol. The Morgan fingerprint density at radius 3 is 2.92 bits per heavy atom. The minimum absolute atomic E-state index is 0.235. The van der Waals surface area contributed by atoms with Crippen LogP contribution in [-0.4, -0.2) is 27.1 Å². The van der Waals surface area contributed by atoms with Crippen molar-refractivity contribution in [2.24, 2.45) is 0 Å². The molecule has 0 radical (unpaired) electrons. The Kier molecular flexibility index (Phi) is 4.66. The summed E-state index contributed by atoms with van der Waals surface area (Å²) in [4.78, 5) is 20.5. The van der Waals surface area contributed by atoms with Crippen LogP contribution in [0.1, 0.15) is 29.0 Å². The fourth-order valence-corrected chi connectivity index (χ4v) is 2.52. The van der Waals surface area contributed by atoms with Crippen LogP contribution in [0, 0.1) is 6.92 Å². The fraction of sp³-hybridized carbons (Fsp3) is 0.235. The second kappa shape index (κ2) is 6.88. The number of ether oxygens (including phenoxy) is 1. The lowest BCUT2D eigenvalue weighted by Crippen LogP contribution is -2.14. The molecule has 7 heteroatoms. The maximum atomic E-state index is 11.9. The van der Waals surface area contributed by atoms with Gasteiger partial charge in [-0.25, -0.2) is 14.8 Å². The van der Waals surface area contributed by atoms with Crippen LogP contribution in [-0.2, 0) is 11.3 Å². The summed E-state index contributed by atoms with van der Waals surface area (Å²) in [5.74, 6) is 0.882. The lowest BCUT2D eigenvalue weighted by Gasteiger charge is -2.05. The number of carbonyl (C=O) groups excluding carboxylic acids is 1. The summed E-state index contributed by atoms with van der Waals surface area (Å²) in [6, 6.07) is 7.35. The van der Waals surface area contributed by atoms with E-state index in [4.69, 9.17) is 20.8 Å². The van der Waals surface area contributed by atoms with Crippen LogP contribution in [0.2, 0.25) is 5.02 Å². The van der Waals surface area contributed by atoms with Crippen molar-refractivity contribution in [1.82, 2.24) is 14.5 Å². The highest BCUT2D eigenvalue weighted by Gasteiger charge is 2.18. The van der Waals surface area contributed by atoms with Crippen LogP contribution < -0.4 is 0 Å². The number of rotatable bonds is 5. The number of aryl methyl sites for hydroxylation is 1. The zero-order chi connectivity index (χ0) is 17.1. The average molecular weight is 346 g/mol. The van der Waals surface area contributed by atoms with Crippen LogP contribution in [0.25, 0.3) is 11.5 Å². The molecule has 0 aliphatic heterocycles. The third-order valence-corrected chi connectivity index (χ3v) is 3.82. The maximum absolute atomic E-state index is 11.9. The second-order valence-electron chi connectivity index (χ2n) is 5.10. The molecule has 0 aliphatic rings. The zero-order valence-corrected chi connectivity index (χ0v) is 14.1. The molecule has 0 aliphatic carbocycles. The van der Waals surface area contributed by atoms with E-state index in [2.05, 4.69) is 9.97 Å². The molecule has 2 heterocycles. The standard InChI is InChI=1S/C17H16ClN3O3/c1-3-23-17(22)15-19-8-9-21(15)10-14-11(2)24-16(20-14)12-6-4-5-7-13(12)18/h4-9H,3,10H2,1-2H3. The van der Waals surface area contributed by atoms with Crippen LogP contribution in [0.15, 0.2) is 41.1 Å². The summed E-state index contributed by atoms with van der Waals surface area (Å²) in [6.45, 7) is 4.23. The van der Waals surface area contributed by atoms with Gasteiger partial charge in [0.25, 0.3) is 0 Å². The number of halogens is 1. The van der Waals surface area contributed by atoms with Gasteiger partial charge in [-0.3, -0.25) is 0 Å². The van der Waals surface area contributed by atoms with Crippen molar-refractivity contribution < 1.29 is 13.9 Å². The first-order valence-corrected chi connectivity index (χ1v) is 7.87. The van der Waals surface area contributed by atoms with Crippen molar-refractivity contribution in [2.75, 3.05) is 6.61 Å². The molecule has 3 aromatic rings. The summed E-state index contributed by atoms with van der Waals surface area (Å²) in [5.41, 5.74) is 1.43. The summed E-state index contributed by atoms with van der Waals surface area (Å²) in [7, 11) is 0. The SMILES string of the molecule is CCOC(=O)c1nccn1Cc1nc(-c2ccccc2Cl)oc1C. The van der Waals surface area contributed by atoms with Crippen LogP contribution in [0.4, 0.5) is 0 Å². The van der Waals surface area contributed by atoms with Crippen molar-refractivity contribution >= 4 is 17.6 Å². The topological polar surface area (TPSA) is 70.2 Å². The van der Waals surface area contributed by atoms with E-state index >= 15 is 0 Å². The summed E-state index contributed by atoms with van der Waals surface area (Å²) in [5, 5.41) is 0.570. The molecule has 6 nitrogen and oxygen atoms in total. The third-order valence-electron chi connectivity index (χ3n) is 3.49. The Labute approximate surface area is 144 Å². The van der Waals surface area contributed by atoms with Crippen LogP contribution in [0.5, 0.6) is 0 Å². The van der Waals surface area contributed by atoms with Gasteiger partial charge in [-0.05, 0) is 26.0 Å². The number of oxazole rings is 1. The van der Waals surface area contributed by atoms with E-state index in [-0.39, 0.29) is 5.82 Å². The van der Waals surface area contributed by atoms with Crippen LogP contribution >= 0.6 is 11.6 Å². The van der Waals surface area contributed by atoms with Gasteiger partial charge in [-0.15, -0.1) is 0 Å². The van der Waals surface area contributed by atoms with E-state index < -0.39 is 5.97 Å². The van der Waals surface area contributed by atoms with Gasteiger partial charge < -0.3 is 13.7 Å². The van der Waals surface area contributed by atoms with E-state index in [1.165, 1.54) is 0 Å². The van der Waals surface area contributed by atoms with Gasteiger partial charge >= 0.3 is 5.97 Å². The number of nitrogens with zero attached hydrogens (tertiary/aromatic N) is 3. The Morgan fingerprint density at radius 1 is 1.38 bits per heavy atom. The molecule has 0 atom stereocenters. The van der Waals surface area contributed by atoms with Gasteiger partial charge in [-0.1, -0.05) is 23.7 Å². The van der Waals surface area contributed by atoms with Crippen molar-refractivity contribution in [2.45, 2.75) is 20.4 Å². The average Bonchev–Trinajstić information content (AvgIpc) is 3.16. The molecule has 0 saturated carbocycles. The predicted octanol–water partition coefficient (Wildman–Crippen LogP) is 3.72. The molecular weight excluding hydrogens is 330 g/mol. The minimum Gasteiger partial charge on any atom is -0.460 e. The fourth-order valence-electron chi connectivity index (χ4n) is 2.31. The third kappa shape index (κ3) is 3.19. The molecule has 0 saturated heterocycles. The summed E-state index contributed by atoms with van der Waals surface area (Å²) < 4.78 is 12.4. The molecule has 0 N–H and O–H groups in total. The number of carbonyl (C=O) groups is 1. The molecular formula is C17H16ClN3O3. The van der Waals surface area contributed by atoms with Gasteiger partial charge in [0.2, 0.25) is 11.7 Å². The first kappa shape index (κ1) is 16.3. The Hall–Kier alpha value is -2.60. The van der Waals surface area contributed by atoms with E-state index in [0.717, 1.165) is 5.56 Å².